The molecule has 1 heterocycles. The number of para-hydroxylation sites is 1. The van der Waals surface area contributed by atoms with Crippen molar-refractivity contribution in [2.45, 2.75) is 39.3 Å². The number of rotatable bonds is 2. The highest BCUT2D eigenvalue weighted by Gasteiger charge is 2.26. The van der Waals surface area contributed by atoms with Gasteiger partial charge in [0, 0.05) is 43.4 Å². The fraction of sp³-hybridized carbons (Fsp3) is 0.625. The summed E-state index contributed by atoms with van der Waals surface area (Å²) in [4.78, 5) is 5.03. The molecule has 106 valence electrons. The highest BCUT2D eigenvalue weighted by Crippen LogP contribution is 2.27. The standard InChI is InChI=1S/C16H27N3/c1-13(17)14-7-5-6-8-15(14)18-9-11-19(12-10-18)16(2,3)4/h5-8,13H,9-12,17H2,1-4H3/t13-/m1/s1. The van der Waals surface area contributed by atoms with E-state index in [2.05, 4.69) is 61.8 Å². The van der Waals surface area contributed by atoms with Gasteiger partial charge in [0.1, 0.15) is 0 Å². The van der Waals surface area contributed by atoms with E-state index in [0.29, 0.717) is 0 Å². The van der Waals surface area contributed by atoms with E-state index in [1.165, 1.54) is 11.3 Å². The molecule has 0 bridgehead atoms. The smallest absolute Gasteiger partial charge is 0.0415 e. The Kier molecular flexibility index (Phi) is 4.16. The molecule has 1 fully saturated rings. The first-order chi connectivity index (χ1) is 8.89. The van der Waals surface area contributed by atoms with Crippen LogP contribution in [-0.4, -0.2) is 36.6 Å². The van der Waals surface area contributed by atoms with Gasteiger partial charge in [-0.3, -0.25) is 4.90 Å². The van der Waals surface area contributed by atoms with E-state index in [4.69, 9.17) is 5.73 Å². The van der Waals surface area contributed by atoms with Crippen molar-refractivity contribution in [2.75, 3.05) is 31.1 Å². The first-order valence-electron chi connectivity index (χ1n) is 7.24. The normalized spacial score (nSPS) is 19.5. The molecule has 1 aromatic carbocycles. The molecule has 0 aromatic heterocycles. The fourth-order valence-electron chi connectivity index (χ4n) is 2.78. The van der Waals surface area contributed by atoms with E-state index in [9.17, 15) is 0 Å². The maximum atomic E-state index is 6.08. The fourth-order valence-corrected chi connectivity index (χ4v) is 2.78. The van der Waals surface area contributed by atoms with Gasteiger partial charge in [-0.2, -0.15) is 0 Å². The first kappa shape index (κ1) is 14.4. The summed E-state index contributed by atoms with van der Waals surface area (Å²) in [6.45, 7) is 13.3. The second kappa shape index (κ2) is 5.51. The zero-order valence-electron chi connectivity index (χ0n) is 12.7. The minimum Gasteiger partial charge on any atom is -0.369 e. The number of hydrogen-bond acceptors (Lipinski definition) is 3. The molecule has 3 heteroatoms. The number of piperazine rings is 1. The van der Waals surface area contributed by atoms with Crippen LogP contribution in [0.1, 0.15) is 39.3 Å². The largest absolute Gasteiger partial charge is 0.369 e. The van der Waals surface area contributed by atoms with E-state index >= 15 is 0 Å². The molecule has 1 saturated heterocycles. The molecule has 0 spiro atoms. The lowest BCUT2D eigenvalue weighted by Crippen LogP contribution is -2.53. The van der Waals surface area contributed by atoms with Crippen LogP contribution in [0.3, 0.4) is 0 Å². The molecule has 19 heavy (non-hydrogen) atoms. The molecular weight excluding hydrogens is 234 g/mol. The third-order valence-electron chi connectivity index (χ3n) is 4.00. The van der Waals surface area contributed by atoms with Crippen LogP contribution in [0.5, 0.6) is 0 Å². The van der Waals surface area contributed by atoms with E-state index in [-0.39, 0.29) is 11.6 Å². The number of hydrogen-bond donors (Lipinski definition) is 1. The van der Waals surface area contributed by atoms with Crippen molar-refractivity contribution < 1.29 is 0 Å². The Morgan fingerprint density at radius 3 is 2.16 bits per heavy atom. The van der Waals surface area contributed by atoms with Crippen molar-refractivity contribution in [1.29, 1.82) is 0 Å². The molecule has 1 aliphatic rings. The molecular formula is C16H27N3. The van der Waals surface area contributed by atoms with Crippen molar-refractivity contribution in [1.82, 2.24) is 4.90 Å². The molecule has 1 aliphatic heterocycles. The van der Waals surface area contributed by atoms with Crippen LogP contribution < -0.4 is 10.6 Å². The number of benzene rings is 1. The van der Waals surface area contributed by atoms with Gasteiger partial charge in [-0.05, 0) is 39.3 Å². The number of nitrogens with two attached hydrogens (primary N) is 1. The Hall–Kier alpha value is -1.06. The van der Waals surface area contributed by atoms with Crippen LogP contribution >= 0.6 is 0 Å². The first-order valence-corrected chi connectivity index (χ1v) is 7.24. The van der Waals surface area contributed by atoms with Crippen LogP contribution in [0, 0.1) is 0 Å². The molecule has 0 unspecified atom stereocenters. The summed E-state index contributed by atoms with van der Waals surface area (Å²) in [5, 5.41) is 0. The van der Waals surface area contributed by atoms with Crippen LogP contribution in [-0.2, 0) is 0 Å². The molecule has 1 aromatic rings. The van der Waals surface area contributed by atoms with Gasteiger partial charge in [-0.1, -0.05) is 18.2 Å². The summed E-state index contributed by atoms with van der Waals surface area (Å²) in [6.07, 6.45) is 0. The monoisotopic (exact) mass is 261 g/mol. The summed E-state index contributed by atoms with van der Waals surface area (Å²) < 4.78 is 0. The topological polar surface area (TPSA) is 32.5 Å². The van der Waals surface area contributed by atoms with Crippen molar-refractivity contribution in [2.24, 2.45) is 5.73 Å². The predicted octanol–water partition coefficient (Wildman–Crippen LogP) is 2.63. The zero-order valence-corrected chi connectivity index (χ0v) is 12.7. The predicted molar refractivity (Wildman–Crippen MR) is 82.6 cm³/mol. The van der Waals surface area contributed by atoms with Crippen LogP contribution in [0.15, 0.2) is 24.3 Å². The van der Waals surface area contributed by atoms with Gasteiger partial charge in [0.25, 0.3) is 0 Å². The Labute approximate surface area is 117 Å². The lowest BCUT2D eigenvalue weighted by Gasteiger charge is -2.43. The molecule has 0 radical (unpaired) electrons. The molecule has 2 N–H and O–H groups in total. The Balaban J connectivity index is 2.10. The molecule has 3 nitrogen and oxygen atoms in total. The molecule has 0 saturated carbocycles. The number of anilines is 1. The average molecular weight is 261 g/mol. The van der Waals surface area contributed by atoms with E-state index in [0.717, 1.165) is 26.2 Å². The van der Waals surface area contributed by atoms with Gasteiger partial charge in [0.15, 0.2) is 0 Å². The maximum absolute atomic E-state index is 6.08. The van der Waals surface area contributed by atoms with Gasteiger partial charge in [0.05, 0.1) is 0 Å². The van der Waals surface area contributed by atoms with Gasteiger partial charge in [-0.15, -0.1) is 0 Å². The molecule has 1 atom stereocenters. The minimum atomic E-state index is 0.0943. The second-order valence-electron chi connectivity index (χ2n) is 6.49. The minimum absolute atomic E-state index is 0.0943. The van der Waals surface area contributed by atoms with Gasteiger partial charge >= 0.3 is 0 Å². The highest BCUT2D eigenvalue weighted by molar-refractivity contribution is 5.55. The van der Waals surface area contributed by atoms with Gasteiger partial charge < -0.3 is 10.6 Å². The Morgan fingerprint density at radius 1 is 1.05 bits per heavy atom. The summed E-state index contributed by atoms with van der Waals surface area (Å²) in [7, 11) is 0. The lowest BCUT2D eigenvalue weighted by atomic mass is 10.0. The molecule has 0 aliphatic carbocycles. The molecule has 2 rings (SSSR count). The maximum Gasteiger partial charge on any atom is 0.0415 e. The van der Waals surface area contributed by atoms with E-state index in [1.54, 1.807) is 0 Å². The van der Waals surface area contributed by atoms with Crippen molar-refractivity contribution in [3.8, 4) is 0 Å². The molecule has 0 amide bonds. The van der Waals surface area contributed by atoms with Crippen molar-refractivity contribution in [3.05, 3.63) is 29.8 Å². The Morgan fingerprint density at radius 2 is 1.63 bits per heavy atom. The van der Waals surface area contributed by atoms with Crippen molar-refractivity contribution >= 4 is 5.69 Å². The summed E-state index contributed by atoms with van der Waals surface area (Å²) in [5.74, 6) is 0. The second-order valence-corrected chi connectivity index (χ2v) is 6.49. The van der Waals surface area contributed by atoms with Crippen molar-refractivity contribution in [3.63, 3.8) is 0 Å². The van der Waals surface area contributed by atoms with E-state index in [1.807, 2.05) is 0 Å². The third-order valence-corrected chi connectivity index (χ3v) is 4.00. The zero-order chi connectivity index (χ0) is 14.0. The third kappa shape index (κ3) is 3.28. The lowest BCUT2D eigenvalue weighted by molar-refractivity contribution is 0.128. The Bertz CT molecular complexity index is 412. The van der Waals surface area contributed by atoms with Crippen LogP contribution in [0.4, 0.5) is 5.69 Å². The van der Waals surface area contributed by atoms with Crippen LogP contribution in [0.25, 0.3) is 0 Å². The highest BCUT2D eigenvalue weighted by atomic mass is 15.3. The van der Waals surface area contributed by atoms with E-state index < -0.39 is 0 Å². The summed E-state index contributed by atoms with van der Waals surface area (Å²) in [6, 6.07) is 8.63. The number of nitrogens with zero attached hydrogens (tertiary/aromatic N) is 2. The summed E-state index contributed by atoms with van der Waals surface area (Å²) in [5.41, 5.74) is 8.92. The SMILES string of the molecule is C[C@@H](N)c1ccccc1N1CCN(C(C)(C)C)CC1. The quantitative estimate of drug-likeness (QED) is 0.888. The van der Waals surface area contributed by atoms with Gasteiger partial charge in [-0.25, -0.2) is 0 Å². The summed E-state index contributed by atoms with van der Waals surface area (Å²) >= 11 is 0. The van der Waals surface area contributed by atoms with Crippen LogP contribution in [0.2, 0.25) is 0 Å². The van der Waals surface area contributed by atoms with Gasteiger partial charge in [0.2, 0.25) is 0 Å². The average Bonchev–Trinajstić information content (AvgIpc) is 2.38.